The predicted octanol–water partition coefficient (Wildman–Crippen LogP) is -0.978. The van der Waals surface area contributed by atoms with E-state index in [0.717, 1.165) is 0 Å². The number of rotatable bonds is 30. The number of nitrogens with one attached hydrogen (secondary N) is 7. The molecule has 0 heterocycles. The summed E-state index contributed by atoms with van der Waals surface area (Å²) in [6.07, 6.45) is 1.72. The van der Waals surface area contributed by atoms with Gasteiger partial charge in [-0.15, -0.1) is 0 Å². The van der Waals surface area contributed by atoms with Crippen LogP contribution < -0.4 is 54.4 Å². The summed E-state index contributed by atoms with van der Waals surface area (Å²) in [5.74, 6) is -7.39. The van der Waals surface area contributed by atoms with E-state index < -0.39 is 102 Å². The molecule has 8 amide bonds. The fraction of sp³-hybridized carbons (Fsp3) is 0.775. The number of aliphatic carboxylic acids is 1. The molecule has 0 aromatic rings. The number of nitrogens with two attached hydrogens (primary N) is 3. The molecule has 0 aromatic heterocycles. The van der Waals surface area contributed by atoms with Gasteiger partial charge in [-0.2, -0.15) is 0 Å². The second kappa shape index (κ2) is 28.6. The SMILES string of the molecule is CC[C@H](C)[C@H](NC(=O)[C@@H](N)CC(C)C)C(=O)NCC(=O)N[C@@H](C)C(=O)N[C@@H](CC(C)C)C(=O)N[C@@H](CCC(N)=O)C(=O)N[C@@H](CC(C)C)C(=O)N[C@@H](CCCCN)C(=O)O. The third kappa shape index (κ3) is 22.5. The minimum absolute atomic E-state index is 0.0983. The summed E-state index contributed by atoms with van der Waals surface area (Å²) in [5, 5.41) is 27.5. The van der Waals surface area contributed by atoms with Gasteiger partial charge in [-0.1, -0.05) is 61.8 Å². The molecule has 60 heavy (non-hydrogen) atoms. The number of carbonyl (C=O) groups excluding carboxylic acids is 8. The van der Waals surface area contributed by atoms with Gasteiger partial charge in [0.1, 0.15) is 36.3 Å². The number of primary amides is 1. The monoisotopic (exact) mass is 855 g/mol. The van der Waals surface area contributed by atoms with Gasteiger partial charge in [0.15, 0.2) is 0 Å². The van der Waals surface area contributed by atoms with Crippen LogP contribution in [0.25, 0.3) is 0 Å². The lowest BCUT2D eigenvalue weighted by molar-refractivity contribution is -0.142. The highest BCUT2D eigenvalue weighted by Crippen LogP contribution is 2.12. The molecule has 0 bridgehead atoms. The molecule has 344 valence electrons. The van der Waals surface area contributed by atoms with Crippen molar-refractivity contribution in [2.24, 2.45) is 40.9 Å². The van der Waals surface area contributed by atoms with Crippen LogP contribution in [-0.4, -0.2) is 114 Å². The van der Waals surface area contributed by atoms with E-state index in [-0.39, 0.29) is 55.8 Å². The van der Waals surface area contributed by atoms with E-state index in [9.17, 15) is 48.3 Å². The fourth-order valence-corrected chi connectivity index (χ4v) is 6.04. The standard InChI is InChI=1S/C40H74N10O10/c1-10-24(8)33(50-35(54)26(42)17-21(2)3)39(58)44-20-32(52)45-25(9)34(53)48-29(18-22(4)5)37(56)46-27(14-15-31(43)51)36(55)49-30(19-23(6)7)38(57)47-28(40(59)60)13-11-12-16-41/h21-30,33H,10-20,41-42H2,1-9H3,(H2,43,51)(H,44,58)(H,45,52)(H,46,56)(H,47,57)(H,48,53)(H,49,55)(H,50,54)(H,59,60)/t24-,25-,26-,27-,28-,29-,30-,33-/m0/s1. The molecule has 0 aliphatic heterocycles. The van der Waals surface area contributed by atoms with E-state index in [0.29, 0.717) is 32.2 Å². The average molecular weight is 855 g/mol. The molecule has 0 saturated carbocycles. The van der Waals surface area contributed by atoms with Crippen molar-refractivity contribution >= 4 is 53.2 Å². The summed E-state index contributed by atoms with van der Waals surface area (Å²) >= 11 is 0. The Morgan fingerprint density at radius 2 is 1.05 bits per heavy atom. The summed E-state index contributed by atoms with van der Waals surface area (Å²) in [7, 11) is 0. The minimum Gasteiger partial charge on any atom is -0.480 e. The number of carbonyl (C=O) groups is 9. The Hall–Kier alpha value is -4.85. The summed E-state index contributed by atoms with van der Waals surface area (Å²) in [4.78, 5) is 116. The van der Waals surface area contributed by atoms with Gasteiger partial charge in [-0.05, 0) is 82.1 Å². The third-order valence-corrected chi connectivity index (χ3v) is 9.60. The molecular weight excluding hydrogens is 780 g/mol. The number of hydrogen-bond acceptors (Lipinski definition) is 11. The van der Waals surface area contributed by atoms with E-state index in [1.54, 1.807) is 34.6 Å². The molecular formula is C40H74N10O10. The number of amides is 8. The lowest BCUT2D eigenvalue weighted by atomic mass is 9.97. The normalized spacial score (nSPS) is 15.3. The van der Waals surface area contributed by atoms with Crippen molar-refractivity contribution in [1.82, 2.24) is 37.2 Å². The lowest BCUT2D eigenvalue weighted by Gasteiger charge is -2.27. The first-order valence-corrected chi connectivity index (χ1v) is 21.0. The average Bonchev–Trinajstić information content (AvgIpc) is 3.15. The van der Waals surface area contributed by atoms with Crippen molar-refractivity contribution < 1.29 is 48.3 Å². The van der Waals surface area contributed by atoms with Crippen molar-refractivity contribution in [3.05, 3.63) is 0 Å². The number of unbranched alkanes of at least 4 members (excludes halogenated alkanes) is 1. The van der Waals surface area contributed by atoms with Crippen molar-refractivity contribution in [3.8, 4) is 0 Å². The number of hydrogen-bond donors (Lipinski definition) is 11. The Morgan fingerprint density at radius 3 is 1.52 bits per heavy atom. The molecule has 0 rings (SSSR count). The first kappa shape index (κ1) is 55.2. The molecule has 20 nitrogen and oxygen atoms in total. The van der Waals surface area contributed by atoms with Gasteiger partial charge in [-0.3, -0.25) is 38.4 Å². The zero-order valence-corrected chi connectivity index (χ0v) is 37.0. The van der Waals surface area contributed by atoms with Gasteiger partial charge in [0.2, 0.25) is 47.3 Å². The largest absolute Gasteiger partial charge is 0.480 e. The van der Waals surface area contributed by atoms with Gasteiger partial charge in [0.05, 0.1) is 12.6 Å². The summed E-state index contributed by atoms with van der Waals surface area (Å²) in [6, 6.07) is -8.01. The Bertz CT molecular complexity index is 1440. The second-order valence-electron chi connectivity index (χ2n) is 16.7. The molecule has 0 aliphatic rings. The van der Waals surface area contributed by atoms with Crippen LogP contribution in [0.15, 0.2) is 0 Å². The molecule has 20 heteroatoms. The van der Waals surface area contributed by atoms with Crippen LogP contribution >= 0.6 is 0 Å². The molecule has 0 aromatic carbocycles. The number of carboxylic acids is 1. The van der Waals surface area contributed by atoms with E-state index in [1.807, 2.05) is 20.8 Å². The molecule has 0 unspecified atom stereocenters. The molecule has 0 fully saturated rings. The Balaban J connectivity index is 5.90. The summed E-state index contributed by atoms with van der Waals surface area (Å²) < 4.78 is 0. The smallest absolute Gasteiger partial charge is 0.326 e. The Labute approximate surface area is 354 Å². The molecule has 0 spiro atoms. The first-order chi connectivity index (χ1) is 27.9. The molecule has 0 radical (unpaired) electrons. The van der Waals surface area contributed by atoms with Gasteiger partial charge in [0.25, 0.3) is 0 Å². The highest BCUT2D eigenvalue weighted by molar-refractivity contribution is 5.97. The minimum atomic E-state index is -1.39. The third-order valence-electron chi connectivity index (χ3n) is 9.60. The summed E-state index contributed by atoms with van der Waals surface area (Å²) in [5.41, 5.74) is 16.9. The van der Waals surface area contributed by atoms with E-state index in [1.165, 1.54) is 6.92 Å². The topological polar surface area (TPSA) is 336 Å². The maximum atomic E-state index is 13.7. The molecule has 8 atom stereocenters. The van der Waals surface area contributed by atoms with Crippen LogP contribution in [0.1, 0.15) is 120 Å². The van der Waals surface area contributed by atoms with E-state index in [4.69, 9.17) is 17.2 Å². The quantitative estimate of drug-likeness (QED) is 0.0389. The van der Waals surface area contributed by atoms with Crippen molar-refractivity contribution in [2.45, 2.75) is 162 Å². The molecule has 0 aliphatic carbocycles. The van der Waals surface area contributed by atoms with Crippen LogP contribution in [0.2, 0.25) is 0 Å². The highest BCUT2D eigenvalue weighted by Gasteiger charge is 2.33. The van der Waals surface area contributed by atoms with Crippen LogP contribution in [0.4, 0.5) is 0 Å². The van der Waals surface area contributed by atoms with Crippen molar-refractivity contribution in [1.29, 1.82) is 0 Å². The zero-order chi connectivity index (χ0) is 46.3. The van der Waals surface area contributed by atoms with Gasteiger partial charge in [0, 0.05) is 6.42 Å². The maximum Gasteiger partial charge on any atom is 0.326 e. The van der Waals surface area contributed by atoms with Crippen molar-refractivity contribution in [2.75, 3.05) is 13.1 Å². The maximum absolute atomic E-state index is 13.7. The Morgan fingerprint density at radius 1 is 0.567 bits per heavy atom. The molecule has 0 saturated heterocycles. The lowest BCUT2D eigenvalue weighted by Crippen LogP contribution is -2.59. The van der Waals surface area contributed by atoms with Crippen LogP contribution in [0, 0.1) is 23.7 Å². The van der Waals surface area contributed by atoms with Crippen LogP contribution in [-0.2, 0) is 43.2 Å². The van der Waals surface area contributed by atoms with Gasteiger partial charge >= 0.3 is 5.97 Å². The highest BCUT2D eigenvalue weighted by atomic mass is 16.4. The number of carboxylic acid groups (broad SMARTS) is 1. The molecule has 14 N–H and O–H groups in total. The van der Waals surface area contributed by atoms with Gasteiger partial charge in [-0.25, -0.2) is 4.79 Å². The van der Waals surface area contributed by atoms with Crippen molar-refractivity contribution in [3.63, 3.8) is 0 Å². The second-order valence-corrected chi connectivity index (χ2v) is 16.7. The van der Waals surface area contributed by atoms with Crippen LogP contribution in [0.5, 0.6) is 0 Å². The zero-order valence-electron chi connectivity index (χ0n) is 37.0. The van der Waals surface area contributed by atoms with E-state index in [2.05, 4.69) is 37.2 Å². The Kier molecular flexibility index (Phi) is 26.3. The van der Waals surface area contributed by atoms with E-state index >= 15 is 0 Å². The summed E-state index contributed by atoms with van der Waals surface area (Å²) in [6.45, 7) is 15.8. The predicted molar refractivity (Wildman–Crippen MR) is 225 cm³/mol. The van der Waals surface area contributed by atoms with Crippen LogP contribution in [0.3, 0.4) is 0 Å². The fourth-order valence-electron chi connectivity index (χ4n) is 6.04. The first-order valence-electron chi connectivity index (χ1n) is 21.0. The van der Waals surface area contributed by atoms with Gasteiger partial charge < -0.3 is 59.5 Å².